The fourth-order valence-electron chi connectivity index (χ4n) is 2.61. The van der Waals surface area contributed by atoms with Gasteiger partial charge in [-0.05, 0) is 42.3 Å². The van der Waals surface area contributed by atoms with Crippen LogP contribution in [0.5, 0.6) is 0 Å². The highest BCUT2D eigenvalue weighted by Crippen LogP contribution is 2.18. The molecule has 6 heteroatoms. The number of nitrogens with one attached hydrogen (secondary N) is 1. The van der Waals surface area contributed by atoms with Crippen LogP contribution in [0, 0.1) is 6.92 Å². The largest absolute Gasteiger partial charge is 0.326 e. The van der Waals surface area contributed by atoms with Crippen LogP contribution in [0.1, 0.15) is 25.0 Å². The highest BCUT2D eigenvalue weighted by Gasteiger charge is 2.21. The van der Waals surface area contributed by atoms with Gasteiger partial charge in [0, 0.05) is 18.8 Å². The van der Waals surface area contributed by atoms with Gasteiger partial charge in [-0.1, -0.05) is 38.1 Å². The monoisotopic (exact) mass is 360 g/mol. The van der Waals surface area contributed by atoms with E-state index < -0.39 is 10.0 Å². The molecule has 0 radical (unpaired) electrons. The molecule has 0 saturated carbocycles. The van der Waals surface area contributed by atoms with Crippen LogP contribution in [0.4, 0.5) is 5.69 Å². The Hall–Kier alpha value is -2.18. The maximum absolute atomic E-state index is 12.4. The van der Waals surface area contributed by atoms with Gasteiger partial charge in [0.1, 0.15) is 0 Å². The van der Waals surface area contributed by atoms with Crippen LogP contribution >= 0.6 is 0 Å². The van der Waals surface area contributed by atoms with Crippen molar-refractivity contribution < 1.29 is 13.2 Å². The summed E-state index contributed by atoms with van der Waals surface area (Å²) in [6.45, 7) is 6.43. The first kappa shape index (κ1) is 19.1. The van der Waals surface area contributed by atoms with Crippen molar-refractivity contribution in [2.45, 2.75) is 32.1 Å². The van der Waals surface area contributed by atoms with E-state index >= 15 is 0 Å². The normalized spacial score (nSPS) is 11.5. The predicted octanol–water partition coefficient (Wildman–Crippen LogP) is 3.21. The molecule has 0 bridgehead atoms. The molecule has 0 aliphatic heterocycles. The topological polar surface area (TPSA) is 66.5 Å². The third kappa shape index (κ3) is 4.67. The first-order chi connectivity index (χ1) is 11.9. The SMILES string of the molecule is CCN(CC)S(=O)(=O)c1ccc(NC(=O)Cc2ccccc2C)cc1. The van der Waals surface area contributed by atoms with E-state index in [2.05, 4.69) is 5.32 Å². The summed E-state index contributed by atoms with van der Waals surface area (Å²) in [5.74, 6) is -0.131. The van der Waals surface area contributed by atoms with Crippen molar-refractivity contribution in [3.05, 3.63) is 59.7 Å². The maximum Gasteiger partial charge on any atom is 0.243 e. The maximum atomic E-state index is 12.4. The molecule has 1 N–H and O–H groups in total. The summed E-state index contributed by atoms with van der Waals surface area (Å²) in [5, 5.41) is 2.81. The van der Waals surface area contributed by atoms with Crippen LogP contribution in [0.3, 0.4) is 0 Å². The van der Waals surface area contributed by atoms with Gasteiger partial charge in [0.15, 0.2) is 0 Å². The Kier molecular flexibility index (Phi) is 6.33. The van der Waals surface area contributed by atoms with Crippen LogP contribution < -0.4 is 5.32 Å². The summed E-state index contributed by atoms with van der Waals surface area (Å²) in [6.07, 6.45) is 0.284. The Bertz CT molecular complexity index is 826. The zero-order chi connectivity index (χ0) is 18.4. The molecule has 2 aromatic rings. The van der Waals surface area contributed by atoms with Crippen LogP contribution in [-0.4, -0.2) is 31.7 Å². The van der Waals surface area contributed by atoms with Gasteiger partial charge in [0.2, 0.25) is 15.9 Å². The Labute approximate surface area is 149 Å². The molecule has 134 valence electrons. The zero-order valence-corrected chi connectivity index (χ0v) is 15.6. The minimum absolute atomic E-state index is 0.131. The average molecular weight is 360 g/mol. The smallest absolute Gasteiger partial charge is 0.243 e. The number of carbonyl (C=O) groups excluding carboxylic acids is 1. The Morgan fingerprint density at radius 3 is 2.16 bits per heavy atom. The molecule has 5 nitrogen and oxygen atoms in total. The lowest BCUT2D eigenvalue weighted by atomic mass is 10.1. The van der Waals surface area contributed by atoms with E-state index in [-0.39, 0.29) is 17.2 Å². The number of anilines is 1. The van der Waals surface area contributed by atoms with Crippen molar-refractivity contribution in [2.75, 3.05) is 18.4 Å². The summed E-state index contributed by atoms with van der Waals surface area (Å²) in [4.78, 5) is 12.4. The number of rotatable bonds is 7. The molecule has 2 rings (SSSR count). The second kappa shape index (κ2) is 8.27. The van der Waals surface area contributed by atoms with Gasteiger partial charge in [0.05, 0.1) is 11.3 Å². The van der Waals surface area contributed by atoms with Crippen LogP contribution in [0.2, 0.25) is 0 Å². The van der Waals surface area contributed by atoms with Gasteiger partial charge in [0.25, 0.3) is 0 Å². The Morgan fingerprint density at radius 1 is 1.00 bits per heavy atom. The van der Waals surface area contributed by atoms with Gasteiger partial charge in [-0.15, -0.1) is 0 Å². The van der Waals surface area contributed by atoms with E-state index in [1.807, 2.05) is 31.2 Å². The van der Waals surface area contributed by atoms with Crippen LogP contribution in [0.15, 0.2) is 53.4 Å². The second-order valence-electron chi connectivity index (χ2n) is 5.77. The standard InChI is InChI=1S/C19H24N2O3S/c1-4-21(5-2)25(23,24)18-12-10-17(11-13-18)20-19(22)14-16-9-7-6-8-15(16)3/h6-13H,4-5,14H2,1-3H3,(H,20,22). The van der Waals surface area contributed by atoms with Gasteiger partial charge in [-0.2, -0.15) is 4.31 Å². The van der Waals surface area contributed by atoms with Crippen molar-refractivity contribution >= 4 is 21.6 Å². The Morgan fingerprint density at radius 2 is 1.60 bits per heavy atom. The number of aryl methyl sites for hydroxylation is 1. The van der Waals surface area contributed by atoms with E-state index in [9.17, 15) is 13.2 Å². The van der Waals surface area contributed by atoms with Crippen LogP contribution in [0.25, 0.3) is 0 Å². The molecule has 2 aromatic carbocycles. The van der Waals surface area contributed by atoms with Gasteiger partial charge < -0.3 is 5.32 Å². The molecule has 0 atom stereocenters. The predicted molar refractivity (Wildman–Crippen MR) is 100 cm³/mol. The van der Waals surface area contributed by atoms with Crippen molar-refractivity contribution in [1.29, 1.82) is 0 Å². The van der Waals surface area contributed by atoms with Gasteiger partial charge in [-0.25, -0.2) is 8.42 Å². The van der Waals surface area contributed by atoms with E-state index in [1.54, 1.807) is 26.0 Å². The number of carbonyl (C=O) groups is 1. The summed E-state index contributed by atoms with van der Waals surface area (Å²) < 4.78 is 26.3. The van der Waals surface area contributed by atoms with Crippen molar-refractivity contribution in [3.8, 4) is 0 Å². The summed E-state index contributed by atoms with van der Waals surface area (Å²) >= 11 is 0. The first-order valence-corrected chi connectivity index (χ1v) is 9.77. The molecule has 1 amide bonds. The fraction of sp³-hybridized carbons (Fsp3) is 0.316. The lowest BCUT2D eigenvalue weighted by molar-refractivity contribution is -0.115. The number of benzene rings is 2. The lowest BCUT2D eigenvalue weighted by Crippen LogP contribution is -2.30. The molecular formula is C19H24N2O3S. The molecule has 0 heterocycles. The van der Waals surface area contributed by atoms with Crippen LogP contribution in [-0.2, 0) is 21.2 Å². The number of nitrogens with zero attached hydrogens (tertiary/aromatic N) is 1. The van der Waals surface area contributed by atoms with Crippen molar-refractivity contribution in [2.24, 2.45) is 0 Å². The minimum atomic E-state index is -3.48. The highest BCUT2D eigenvalue weighted by atomic mass is 32.2. The summed E-state index contributed by atoms with van der Waals surface area (Å²) in [7, 11) is -3.48. The molecule has 0 unspecified atom stereocenters. The number of hydrogen-bond acceptors (Lipinski definition) is 3. The second-order valence-corrected chi connectivity index (χ2v) is 7.70. The molecular weight excluding hydrogens is 336 g/mol. The molecule has 0 aliphatic carbocycles. The number of sulfonamides is 1. The van der Waals surface area contributed by atoms with E-state index in [0.29, 0.717) is 18.8 Å². The third-order valence-corrected chi connectivity index (χ3v) is 6.16. The molecule has 0 spiro atoms. The van der Waals surface area contributed by atoms with Crippen molar-refractivity contribution in [1.82, 2.24) is 4.31 Å². The molecule has 0 saturated heterocycles. The number of amides is 1. The van der Waals surface area contributed by atoms with E-state index in [4.69, 9.17) is 0 Å². The molecule has 25 heavy (non-hydrogen) atoms. The zero-order valence-electron chi connectivity index (χ0n) is 14.8. The number of hydrogen-bond donors (Lipinski definition) is 1. The lowest BCUT2D eigenvalue weighted by Gasteiger charge is -2.18. The van der Waals surface area contributed by atoms with E-state index in [1.165, 1.54) is 16.4 Å². The highest BCUT2D eigenvalue weighted by molar-refractivity contribution is 7.89. The summed E-state index contributed by atoms with van der Waals surface area (Å²) in [5.41, 5.74) is 2.62. The quantitative estimate of drug-likeness (QED) is 0.824. The van der Waals surface area contributed by atoms with Gasteiger partial charge >= 0.3 is 0 Å². The molecule has 0 fully saturated rings. The third-order valence-electron chi connectivity index (χ3n) is 4.09. The summed E-state index contributed by atoms with van der Waals surface area (Å²) in [6, 6.07) is 14.0. The minimum Gasteiger partial charge on any atom is -0.326 e. The molecule has 0 aromatic heterocycles. The van der Waals surface area contributed by atoms with E-state index in [0.717, 1.165) is 11.1 Å². The Balaban J connectivity index is 2.08. The molecule has 0 aliphatic rings. The fourth-order valence-corrected chi connectivity index (χ4v) is 4.07. The first-order valence-electron chi connectivity index (χ1n) is 8.33. The van der Waals surface area contributed by atoms with Gasteiger partial charge in [-0.3, -0.25) is 4.79 Å². The van der Waals surface area contributed by atoms with Crippen molar-refractivity contribution in [3.63, 3.8) is 0 Å². The average Bonchev–Trinajstić information content (AvgIpc) is 2.58.